The third-order valence-corrected chi connectivity index (χ3v) is 5.09. The molecule has 0 aliphatic heterocycles. The van der Waals surface area contributed by atoms with E-state index in [2.05, 4.69) is 26.0 Å². The molecule has 4 nitrogen and oxygen atoms in total. The van der Waals surface area contributed by atoms with Crippen molar-refractivity contribution >= 4 is 61.6 Å². The normalized spacial score (nSPS) is 11.2. The van der Waals surface area contributed by atoms with Crippen LogP contribution < -0.4 is 10.0 Å². The van der Waals surface area contributed by atoms with E-state index < -0.39 is 10.0 Å². The van der Waals surface area contributed by atoms with Crippen LogP contribution in [0.3, 0.4) is 0 Å². The standard InChI is InChI=1S/C11H15BrCl2N2O2S.ClH/c1-2-3-15-4-5-16-19(17,18)11-9(13)6-8(12)7-10(11)14;/h6-7,15-16H,2-5H2,1H3;1H. The first-order valence-corrected chi connectivity index (χ1v) is 8.76. The van der Waals surface area contributed by atoms with E-state index in [0.29, 0.717) is 11.0 Å². The quantitative estimate of drug-likeness (QED) is 0.657. The van der Waals surface area contributed by atoms with Crippen LogP contribution in [0.15, 0.2) is 21.5 Å². The molecule has 0 heterocycles. The molecule has 0 fully saturated rings. The second-order valence-electron chi connectivity index (χ2n) is 3.85. The van der Waals surface area contributed by atoms with Crippen molar-refractivity contribution in [2.75, 3.05) is 19.6 Å². The summed E-state index contributed by atoms with van der Waals surface area (Å²) in [5.41, 5.74) is 0. The lowest BCUT2D eigenvalue weighted by atomic mass is 10.4. The van der Waals surface area contributed by atoms with Gasteiger partial charge in [0.2, 0.25) is 10.0 Å². The molecule has 0 atom stereocenters. The molecule has 0 bridgehead atoms. The van der Waals surface area contributed by atoms with Crippen LogP contribution in [-0.2, 0) is 10.0 Å². The van der Waals surface area contributed by atoms with E-state index in [0.717, 1.165) is 13.0 Å². The van der Waals surface area contributed by atoms with Gasteiger partial charge in [0.25, 0.3) is 0 Å². The Morgan fingerprint density at radius 3 is 2.20 bits per heavy atom. The van der Waals surface area contributed by atoms with Crippen molar-refractivity contribution in [3.8, 4) is 0 Å². The molecular weight excluding hydrogens is 410 g/mol. The molecule has 1 aromatic rings. The van der Waals surface area contributed by atoms with Gasteiger partial charge in [0.1, 0.15) is 4.90 Å². The Labute approximate surface area is 144 Å². The van der Waals surface area contributed by atoms with Crippen LogP contribution in [-0.4, -0.2) is 28.1 Å². The Morgan fingerprint density at radius 2 is 1.70 bits per heavy atom. The Balaban J connectivity index is 0.00000361. The van der Waals surface area contributed by atoms with Crippen molar-refractivity contribution in [2.24, 2.45) is 0 Å². The van der Waals surface area contributed by atoms with Gasteiger partial charge in [0.05, 0.1) is 10.0 Å². The maximum Gasteiger partial charge on any atom is 0.243 e. The minimum absolute atomic E-state index is 0. The van der Waals surface area contributed by atoms with Crippen LogP contribution >= 0.6 is 51.5 Å². The van der Waals surface area contributed by atoms with Crippen molar-refractivity contribution in [3.05, 3.63) is 26.7 Å². The highest BCUT2D eigenvalue weighted by Gasteiger charge is 2.21. The Kier molecular flexibility index (Phi) is 9.66. The van der Waals surface area contributed by atoms with Gasteiger partial charge in [0.15, 0.2) is 0 Å². The monoisotopic (exact) mass is 424 g/mol. The SMILES string of the molecule is CCCNCCNS(=O)(=O)c1c(Cl)cc(Br)cc1Cl.Cl. The van der Waals surface area contributed by atoms with Crippen LogP contribution in [0.4, 0.5) is 0 Å². The summed E-state index contributed by atoms with van der Waals surface area (Å²) in [7, 11) is -3.70. The first kappa shape index (κ1) is 20.4. The zero-order chi connectivity index (χ0) is 14.5. The molecule has 1 aromatic carbocycles. The van der Waals surface area contributed by atoms with Crippen LogP contribution in [0.5, 0.6) is 0 Å². The van der Waals surface area contributed by atoms with E-state index in [9.17, 15) is 8.42 Å². The van der Waals surface area contributed by atoms with Crippen LogP contribution in [0.1, 0.15) is 13.3 Å². The number of hydrogen-bond acceptors (Lipinski definition) is 3. The number of nitrogens with one attached hydrogen (secondary N) is 2. The lowest BCUT2D eigenvalue weighted by Crippen LogP contribution is -2.32. The number of benzene rings is 1. The molecule has 1 rings (SSSR count). The van der Waals surface area contributed by atoms with Gasteiger partial charge in [-0.25, -0.2) is 13.1 Å². The molecule has 0 saturated heterocycles. The zero-order valence-corrected chi connectivity index (χ0v) is 15.5. The maximum absolute atomic E-state index is 12.1. The second kappa shape index (κ2) is 9.46. The van der Waals surface area contributed by atoms with Gasteiger partial charge < -0.3 is 5.32 Å². The van der Waals surface area contributed by atoms with Gasteiger partial charge >= 0.3 is 0 Å². The van der Waals surface area contributed by atoms with E-state index in [-0.39, 0.29) is 33.9 Å². The van der Waals surface area contributed by atoms with Crippen molar-refractivity contribution in [2.45, 2.75) is 18.2 Å². The van der Waals surface area contributed by atoms with Gasteiger partial charge in [-0.15, -0.1) is 12.4 Å². The van der Waals surface area contributed by atoms with E-state index in [1.807, 2.05) is 6.92 Å². The first-order valence-electron chi connectivity index (χ1n) is 5.73. The minimum atomic E-state index is -3.70. The predicted molar refractivity (Wildman–Crippen MR) is 89.8 cm³/mol. The van der Waals surface area contributed by atoms with Crippen LogP contribution in [0.25, 0.3) is 0 Å². The van der Waals surface area contributed by atoms with Crippen molar-refractivity contribution < 1.29 is 8.42 Å². The molecule has 0 aromatic heterocycles. The van der Waals surface area contributed by atoms with E-state index in [1.54, 1.807) is 0 Å². The summed E-state index contributed by atoms with van der Waals surface area (Å²) in [6.07, 6.45) is 0.997. The third kappa shape index (κ3) is 6.05. The fourth-order valence-electron chi connectivity index (χ4n) is 1.43. The number of rotatable bonds is 7. The highest BCUT2D eigenvalue weighted by atomic mass is 79.9. The molecule has 0 aliphatic carbocycles. The highest BCUT2D eigenvalue weighted by Crippen LogP contribution is 2.32. The topological polar surface area (TPSA) is 58.2 Å². The average molecular weight is 427 g/mol. The minimum Gasteiger partial charge on any atom is -0.315 e. The van der Waals surface area contributed by atoms with Gasteiger partial charge in [-0.1, -0.05) is 46.1 Å². The molecule has 0 saturated carbocycles. The third-order valence-electron chi connectivity index (χ3n) is 2.25. The summed E-state index contributed by atoms with van der Waals surface area (Å²) in [5.74, 6) is 0. The average Bonchev–Trinajstić information content (AvgIpc) is 2.26. The smallest absolute Gasteiger partial charge is 0.243 e. The summed E-state index contributed by atoms with van der Waals surface area (Å²) in [6, 6.07) is 2.99. The lowest BCUT2D eigenvalue weighted by Gasteiger charge is -2.10. The summed E-state index contributed by atoms with van der Waals surface area (Å²) < 4.78 is 27.3. The fourth-order valence-corrected chi connectivity index (χ4v) is 4.40. The Hall–Kier alpha value is 0.440. The molecule has 0 spiro atoms. The van der Waals surface area contributed by atoms with Gasteiger partial charge in [0, 0.05) is 17.6 Å². The molecule has 0 unspecified atom stereocenters. The zero-order valence-electron chi connectivity index (χ0n) is 10.8. The first-order chi connectivity index (χ1) is 8.88. The van der Waals surface area contributed by atoms with Crippen LogP contribution in [0.2, 0.25) is 10.0 Å². The van der Waals surface area contributed by atoms with Crippen LogP contribution in [0, 0.1) is 0 Å². The van der Waals surface area contributed by atoms with Gasteiger partial charge in [-0.3, -0.25) is 0 Å². The Morgan fingerprint density at radius 1 is 1.15 bits per heavy atom. The molecular formula is C11H16BrCl3N2O2S. The number of halogens is 4. The van der Waals surface area contributed by atoms with Gasteiger partial charge in [-0.2, -0.15) is 0 Å². The molecule has 9 heteroatoms. The van der Waals surface area contributed by atoms with Gasteiger partial charge in [-0.05, 0) is 25.1 Å². The summed E-state index contributed by atoms with van der Waals surface area (Å²) in [6.45, 7) is 3.73. The molecule has 116 valence electrons. The summed E-state index contributed by atoms with van der Waals surface area (Å²) >= 11 is 15.1. The molecule has 0 amide bonds. The molecule has 2 N–H and O–H groups in total. The van der Waals surface area contributed by atoms with E-state index in [1.165, 1.54) is 12.1 Å². The van der Waals surface area contributed by atoms with Crippen molar-refractivity contribution in [1.29, 1.82) is 0 Å². The molecule has 0 radical (unpaired) electrons. The molecule has 0 aliphatic rings. The predicted octanol–water partition coefficient (Wildman–Crippen LogP) is 3.46. The number of hydrogen-bond donors (Lipinski definition) is 2. The summed E-state index contributed by atoms with van der Waals surface area (Å²) in [5, 5.41) is 3.28. The molecule has 20 heavy (non-hydrogen) atoms. The summed E-state index contributed by atoms with van der Waals surface area (Å²) in [4.78, 5) is -0.0884. The Bertz CT molecular complexity index is 517. The van der Waals surface area contributed by atoms with E-state index in [4.69, 9.17) is 23.2 Å². The highest BCUT2D eigenvalue weighted by molar-refractivity contribution is 9.10. The van der Waals surface area contributed by atoms with Crippen molar-refractivity contribution in [1.82, 2.24) is 10.0 Å². The largest absolute Gasteiger partial charge is 0.315 e. The van der Waals surface area contributed by atoms with E-state index >= 15 is 0 Å². The fraction of sp³-hybridized carbons (Fsp3) is 0.455. The second-order valence-corrected chi connectivity index (χ2v) is 7.28. The number of sulfonamides is 1. The maximum atomic E-state index is 12.1. The lowest BCUT2D eigenvalue weighted by molar-refractivity contribution is 0.575. The van der Waals surface area contributed by atoms with Crippen molar-refractivity contribution in [3.63, 3.8) is 0 Å².